The van der Waals surface area contributed by atoms with Crippen molar-refractivity contribution in [2.24, 2.45) is 0 Å². The highest BCUT2D eigenvalue weighted by Gasteiger charge is 2.13. The number of fused-ring (bicyclic) bond motifs is 2. The second-order valence-electron chi connectivity index (χ2n) is 5.54. The van der Waals surface area contributed by atoms with E-state index >= 15 is 0 Å². The smallest absolute Gasteiger partial charge is 0.150 e. The van der Waals surface area contributed by atoms with Gasteiger partial charge >= 0.3 is 0 Å². The summed E-state index contributed by atoms with van der Waals surface area (Å²) in [5.74, 6) is 0. The van der Waals surface area contributed by atoms with Gasteiger partial charge in [-0.15, -0.1) is 0 Å². The highest BCUT2D eigenvalue weighted by Crippen LogP contribution is 2.38. The lowest BCUT2D eigenvalue weighted by Crippen LogP contribution is -1.91. The number of carbonyl (C=O) groups is 1. The average molecular weight is 361 g/mol. The van der Waals surface area contributed by atoms with E-state index in [2.05, 4.69) is 46.3 Å². The van der Waals surface area contributed by atoms with Crippen LogP contribution in [0, 0.1) is 0 Å². The molecule has 0 amide bonds. The van der Waals surface area contributed by atoms with Gasteiger partial charge in [-0.2, -0.15) is 0 Å². The van der Waals surface area contributed by atoms with E-state index in [-0.39, 0.29) is 0 Å². The van der Waals surface area contributed by atoms with E-state index in [1.54, 1.807) is 0 Å². The highest BCUT2D eigenvalue weighted by atomic mass is 79.9. The molecule has 2 heteroatoms. The Balaban J connectivity index is 2.22. The zero-order valence-corrected chi connectivity index (χ0v) is 13.9. The lowest BCUT2D eigenvalue weighted by molar-refractivity contribution is 0.112. The molecule has 0 N–H and O–H groups in total. The van der Waals surface area contributed by atoms with Gasteiger partial charge in [0.2, 0.25) is 0 Å². The molecular weight excluding hydrogens is 348 g/mol. The zero-order valence-electron chi connectivity index (χ0n) is 12.3. The standard InChI is InChI=1S/C21H13BrO/c22-17-9-10-20(16(12-17)13-23)21-18-7-3-1-5-14(18)11-15-6-2-4-8-19(15)21/h1-13H. The first-order valence-corrected chi connectivity index (χ1v) is 8.23. The van der Waals surface area contributed by atoms with Crippen molar-refractivity contribution in [3.05, 3.63) is 82.8 Å². The Morgan fingerprint density at radius 2 is 1.35 bits per heavy atom. The summed E-state index contributed by atoms with van der Waals surface area (Å²) in [6.45, 7) is 0. The third kappa shape index (κ3) is 2.36. The molecule has 0 radical (unpaired) electrons. The van der Waals surface area contributed by atoms with Gasteiger partial charge in [0.15, 0.2) is 6.29 Å². The highest BCUT2D eigenvalue weighted by molar-refractivity contribution is 9.10. The van der Waals surface area contributed by atoms with Gasteiger partial charge in [-0.05, 0) is 50.9 Å². The van der Waals surface area contributed by atoms with Crippen molar-refractivity contribution in [3.63, 3.8) is 0 Å². The van der Waals surface area contributed by atoms with Crippen LogP contribution in [-0.4, -0.2) is 6.29 Å². The summed E-state index contributed by atoms with van der Waals surface area (Å²) in [6.07, 6.45) is 0.927. The third-order valence-corrected chi connectivity index (χ3v) is 4.67. The molecular formula is C21H13BrO. The average Bonchev–Trinajstić information content (AvgIpc) is 2.60. The summed E-state index contributed by atoms with van der Waals surface area (Å²) in [5.41, 5.74) is 2.78. The Hall–Kier alpha value is -2.45. The SMILES string of the molecule is O=Cc1cc(Br)ccc1-c1c2ccccc2cc2ccccc12. The van der Waals surface area contributed by atoms with E-state index in [1.807, 2.05) is 42.5 Å². The Bertz CT molecular complexity index is 996. The third-order valence-electron chi connectivity index (χ3n) is 4.18. The van der Waals surface area contributed by atoms with Crippen molar-refractivity contribution in [1.29, 1.82) is 0 Å². The van der Waals surface area contributed by atoms with Crippen LogP contribution < -0.4 is 0 Å². The van der Waals surface area contributed by atoms with Crippen LogP contribution in [0.5, 0.6) is 0 Å². The van der Waals surface area contributed by atoms with Gasteiger partial charge in [-0.25, -0.2) is 0 Å². The number of benzene rings is 4. The molecule has 4 aromatic rings. The first kappa shape index (κ1) is 14.2. The van der Waals surface area contributed by atoms with Crippen molar-refractivity contribution in [2.45, 2.75) is 0 Å². The quantitative estimate of drug-likeness (QED) is 0.305. The van der Waals surface area contributed by atoms with Crippen LogP contribution in [0.25, 0.3) is 32.7 Å². The minimum absolute atomic E-state index is 0.695. The molecule has 0 aliphatic carbocycles. The summed E-state index contributed by atoms with van der Waals surface area (Å²) in [5, 5.41) is 4.69. The van der Waals surface area contributed by atoms with E-state index in [9.17, 15) is 4.79 Å². The predicted molar refractivity (Wildman–Crippen MR) is 100.0 cm³/mol. The molecule has 110 valence electrons. The normalized spacial score (nSPS) is 11.0. The van der Waals surface area contributed by atoms with Crippen molar-refractivity contribution in [1.82, 2.24) is 0 Å². The van der Waals surface area contributed by atoms with Gasteiger partial charge in [-0.3, -0.25) is 4.79 Å². The molecule has 0 aliphatic heterocycles. The lowest BCUT2D eigenvalue weighted by Gasteiger charge is -2.14. The monoisotopic (exact) mass is 360 g/mol. The van der Waals surface area contributed by atoms with E-state index in [0.717, 1.165) is 32.7 Å². The maximum atomic E-state index is 11.6. The maximum absolute atomic E-state index is 11.6. The number of hydrogen-bond donors (Lipinski definition) is 0. The van der Waals surface area contributed by atoms with Crippen molar-refractivity contribution in [2.75, 3.05) is 0 Å². The van der Waals surface area contributed by atoms with Crippen LogP contribution in [0.15, 0.2) is 77.3 Å². The van der Waals surface area contributed by atoms with Crippen LogP contribution in [0.4, 0.5) is 0 Å². The van der Waals surface area contributed by atoms with E-state index in [1.165, 1.54) is 10.8 Å². The molecule has 0 saturated heterocycles. The van der Waals surface area contributed by atoms with Gasteiger partial charge in [0, 0.05) is 10.0 Å². The molecule has 0 unspecified atom stereocenters. The molecule has 4 rings (SSSR count). The Kier molecular flexibility index (Phi) is 3.47. The number of carbonyl (C=O) groups excluding carboxylic acids is 1. The maximum Gasteiger partial charge on any atom is 0.150 e. The lowest BCUT2D eigenvalue weighted by atomic mass is 9.90. The minimum Gasteiger partial charge on any atom is -0.298 e. The van der Waals surface area contributed by atoms with Gasteiger partial charge in [0.05, 0.1) is 0 Å². The largest absolute Gasteiger partial charge is 0.298 e. The fourth-order valence-corrected chi connectivity index (χ4v) is 3.54. The van der Waals surface area contributed by atoms with E-state index in [0.29, 0.717) is 5.56 Å². The first-order chi connectivity index (χ1) is 11.3. The fraction of sp³-hybridized carbons (Fsp3) is 0. The fourth-order valence-electron chi connectivity index (χ4n) is 3.16. The zero-order chi connectivity index (χ0) is 15.8. The minimum atomic E-state index is 0.695. The van der Waals surface area contributed by atoms with Crippen molar-refractivity contribution < 1.29 is 4.79 Å². The molecule has 0 bridgehead atoms. The summed E-state index contributed by atoms with van der Waals surface area (Å²) in [7, 11) is 0. The molecule has 1 nitrogen and oxygen atoms in total. The molecule has 23 heavy (non-hydrogen) atoms. The molecule has 0 aliphatic rings. The van der Waals surface area contributed by atoms with Crippen LogP contribution >= 0.6 is 15.9 Å². The summed E-state index contributed by atoms with van der Waals surface area (Å²) < 4.78 is 0.910. The second kappa shape index (κ2) is 5.64. The molecule has 0 aromatic heterocycles. The first-order valence-electron chi connectivity index (χ1n) is 7.43. The van der Waals surface area contributed by atoms with Gasteiger partial charge < -0.3 is 0 Å². The van der Waals surface area contributed by atoms with Crippen molar-refractivity contribution >= 4 is 43.8 Å². The molecule has 0 heterocycles. The molecule has 0 saturated carbocycles. The number of hydrogen-bond acceptors (Lipinski definition) is 1. The van der Waals surface area contributed by atoms with Crippen LogP contribution in [0.1, 0.15) is 10.4 Å². The number of halogens is 1. The van der Waals surface area contributed by atoms with Crippen LogP contribution in [-0.2, 0) is 0 Å². The van der Waals surface area contributed by atoms with Crippen LogP contribution in [0.2, 0.25) is 0 Å². The summed E-state index contributed by atoms with van der Waals surface area (Å²) in [4.78, 5) is 11.6. The predicted octanol–water partition coefficient (Wildman–Crippen LogP) is 6.24. The van der Waals surface area contributed by atoms with Gasteiger partial charge in [0.25, 0.3) is 0 Å². The Labute approximate surface area is 142 Å². The van der Waals surface area contributed by atoms with E-state index in [4.69, 9.17) is 0 Å². The van der Waals surface area contributed by atoms with Gasteiger partial charge in [0.1, 0.15) is 0 Å². The second-order valence-corrected chi connectivity index (χ2v) is 6.46. The molecule has 0 atom stereocenters. The number of aldehydes is 1. The molecule has 0 spiro atoms. The topological polar surface area (TPSA) is 17.1 Å². The number of rotatable bonds is 2. The van der Waals surface area contributed by atoms with E-state index < -0.39 is 0 Å². The molecule has 4 aromatic carbocycles. The van der Waals surface area contributed by atoms with Crippen molar-refractivity contribution in [3.8, 4) is 11.1 Å². The Morgan fingerprint density at radius 1 is 0.739 bits per heavy atom. The molecule has 0 fully saturated rings. The van der Waals surface area contributed by atoms with Crippen LogP contribution in [0.3, 0.4) is 0 Å². The summed E-state index contributed by atoms with van der Waals surface area (Å²) in [6, 6.07) is 24.7. The summed E-state index contributed by atoms with van der Waals surface area (Å²) >= 11 is 3.45. The Morgan fingerprint density at radius 3 is 1.96 bits per heavy atom. The van der Waals surface area contributed by atoms with Gasteiger partial charge in [-0.1, -0.05) is 70.5 Å².